The second-order valence-corrected chi connectivity index (χ2v) is 2.50. The van der Waals surface area contributed by atoms with Crippen molar-refractivity contribution in [3.05, 3.63) is 35.9 Å². The van der Waals surface area contributed by atoms with Gasteiger partial charge in [0.25, 0.3) is 0 Å². The number of rotatable bonds is 3. The summed E-state index contributed by atoms with van der Waals surface area (Å²) < 4.78 is 4.74. The van der Waals surface area contributed by atoms with Crippen molar-refractivity contribution < 1.29 is 4.74 Å². The van der Waals surface area contributed by atoms with E-state index in [2.05, 4.69) is 15.5 Å². The van der Waals surface area contributed by atoms with E-state index < -0.39 is 0 Å². The van der Waals surface area contributed by atoms with Gasteiger partial charge in [-0.15, -0.1) is 0 Å². The van der Waals surface area contributed by atoms with Crippen LogP contribution in [0.4, 0.5) is 0 Å². The first-order valence-corrected chi connectivity index (χ1v) is 5.23. The fourth-order valence-electron chi connectivity index (χ4n) is 0.964. The average Bonchev–Trinajstić information content (AvgIpc) is 2.38. The smallest absolute Gasteiger partial charge is 0.181 e. The van der Waals surface area contributed by atoms with Crippen molar-refractivity contribution in [3.63, 3.8) is 0 Å². The van der Waals surface area contributed by atoms with E-state index in [1.165, 1.54) is 6.40 Å². The molecule has 0 aliphatic carbocycles. The Bertz CT molecular complexity index is 320. The van der Waals surface area contributed by atoms with E-state index in [-0.39, 0.29) is 0 Å². The van der Waals surface area contributed by atoms with Gasteiger partial charge in [0.2, 0.25) is 0 Å². The highest BCUT2D eigenvalue weighted by molar-refractivity contribution is 6.02. The van der Waals surface area contributed by atoms with Crippen LogP contribution in [0.3, 0.4) is 0 Å². The van der Waals surface area contributed by atoms with E-state index in [1.54, 1.807) is 14.2 Å². The molecule has 88 valence electrons. The molecule has 1 aromatic carbocycles. The minimum atomic E-state index is 0.593. The average molecular weight is 221 g/mol. The summed E-state index contributed by atoms with van der Waals surface area (Å²) >= 11 is 0. The molecule has 0 bridgehead atoms. The number of ether oxygens (including phenoxy) is 1. The zero-order valence-corrected chi connectivity index (χ0v) is 10.3. The van der Waals surface area contributed by atoms with Gasteiger partial charge in [-0.2, -0.15) is 10.1 Å². The third-order valence-electron chi connectivity index (χ3n) is 1.53. The topological polar surface area (TPSA) is 46.0 Å². The minimum absolute atomic E-state index is 0.593. The SMILES string of the molecule is CC.CN/N=C(/N=COC)c1ccccc1. The molecule has 0 fully saturated rings. The number of amidine groups is 1. The maximum absolute atomic E-state index is 4.74. The normalized spacial score (nSPS) is 10.6. The Morgan fingerprint density at radius 1 is 1.25 bits per heavy atom. The third-order valence-corrected chi connectivity index (χ3v) is 1.53. The van der Waals surface area contributed by atoms with Gasteiger partial charge >= 0.3 is 0 Å². The van der Waals surface area contributed by atoms with Gasteiger partial charge in [0.1, 0.15) is 0 Å². The van der Waals surface area contributed by atoms with Gasteiger partial charge < -0.3 is 10.2 Å². The number of methoxy groups -OCH3 is 1. The molecule has 0 aliphatic heterocycles. The Labute approximate surface area is 97.1 Å². The molecule has 0 aromatic heterocycles. The number of nitrogens with zero attached hydrogens (tertiary/aromatic N) is 2. The largest absolute Gasteiger partial charge is 0.486 e. The molecule has 1 rings (SSSR count). The van der Waals surface area contributed by atoms with Crippen molar-refractivity contribution in [1.82, 2.24) is 5.43 Å². The summed E-state index contributed by atoms with van der Waals surface area (Å²) in [6.07, 6.45) is 1.35. The number of hydrogen-bond acceptors (Lipinski definition) is 3. The van der Waals surface area contributed by atoms with E-state index in [0.717, 1.165) is 5.56 Å². The van der Waals surface area contributed by atoms with Gasteiger partial charge in [-0.25, -0.2) is 0 Å². The molecule has 0 spiro atoms. The first-order valence-electron chi connectivity index (χ1n) is 5.23. The van der Waals surface area contributed by atoms with Crippen LogP contribution in [0.5, 0.6) is 0 Å². The summed E-state index contributed by atoms with van der Waals surface area (Å²) in [7, 11) is 3.27. The summed E-state index contributed by atoms with van der Waals surface area (Å²) in [6, 6.07) is 9.68. The second kappa shape index (κ2) is 9.71. The van der Waals surface area contributed by atoms with Gasteiger partial charge in [-0.1, -0.05) is 44.2 Å². The fourth-order valence-corrected chi connectivity index (χ4v) is 0.964. The van der Waals surface area contributed by atoms with Crippen molar-refractivity contribution in [2.24, 2.45) is 10.1 Å². The van der Waals surface area contributed by atoms with Crippen molar-refractivity contribution in [3.8, 4) is 0 Å². The van der Waals surface area contributed by atoms with Crippen LogP contribution in [0.1, 0.15) is 19.4 Å². The number of aliphatic imine (C=N–C) groups is 1. The van der Waals surface area contributed by atoms with Crippen LogP contribution < -0.4 is 5.43 Å². The van der Waals surface area contributed by atoms with Crippen LogP contribution >= 0.6 is 0 Å². The Morgan fingerprint density at radius 3 is 2.38 bits per heavy atom. The first kappa shape index (κ1) is 14.2. The molecule has 1 aromatic rings. The van der Waals surface area contributed by atoms with E-state index in [9.17, 15) is 0 Å². The van der Waals surface area contributed by atoms with Crippen LogP contribution in [-0.2, 0) is 4.74 Å². The molecule has 0 radical (unpaired) electrons. The second-order valence-electron chi connectivity index (χ2n) is 2.50. The van der Waals surface area contributed by atoms with E-state index in [4.69, 9.17) is 4.74 Å². The van der Waals surface area contributed by atoms with Crippen LogP contribution in [0.2, 0.25) is 0 Å². The monoisotopic (exact) mass is 221 g/mol. The zero-order valence-electron chi connectivity index (χ0n) is 10.3. The standard InChI is InChI=1S/C10H13N3O.C2H6/c1-11-13-10(12-8-14-2)9-6-4-3-5-7-9;1-2/h3-8,11H,1-2H3;1-2H3/b12-8?,13-10+;. The molecule has 16 heavy (non-hydrogen) atoms. The Kier molecular flexibility index (Phi) is 8.59. The lowest BCUT2D eigenvalue weighted by Gasteiger charge is -1.99. The summed E-state index contributed by atoms with van der Waals surface area (Å²) in [6.45, 7) is 4.00. The summed E-state index contributed by atoms with van der Waals surface area (Å²) in [5.41, 5.74) is 3.63. The third kappa shape index (κ3) is 5.14. The highest BCUT2D eigenvalue weighted by Crippen LogP contribution is 2.01. The maximum Gasteiger partial charge on any atom is 0.181 e. The predicted molar refractivity (Wildman–Crippen MR) is 68.9 cm³/mol. The molecule has 4 nitrogen and oxygen atoms in total. The van der Waals surface area contributed by atoms with Gasteiger partial charge in [0.15, 0.2) is 12.2 Å². The fraction of sp³-hybridized carbons (Fsp3) is 0.333. The van der Waals surface area contributed by atoms with E-state index in [1.807, 2.05) is 44.2 Å². The van der Waals surface area contributed by atoms with Crippen LogP contribution in [0.25, 0.3) is 0 Å². The summed E-state index contributed by atoms with van der Waals surface area (Å²) in [5, 5.41) is 4.02. The molecule has 0 unspecified atom stereocenters. The molecule has 0 aliphatic rings. The van der Waals surface area contributed by atoms with E-state index in [0.29, 0.717) is 5.84 Å². The van der Waals surface area contributed by atoms with Crippen molar-refractivity contribution in [2.45, 2.75) is 13.8 Å². The highest BCUT2D eigenvalue weighted by Gasteiger charge is 1.98. The van der Waals surface area contributed by atoms with Gasteiger partial charge in [-0.05, 0) is 0 Å². The Hall–Kier alpha value is -1.84. The Balaban J connectivity index is 0.00000106. The number of hydrazone groups is 1. The quantitative estimate of drug-likeness (QED) is 0.483. The predicted octanol–water partition coefficient (Wildman–Crippen LogP) is 2.27. The molecule has 4 heteroatoms. The lowest BCUT2D eigenvalue weighted by molar-refractivity contribution is 0.423. The molecular weight excluding hydrogens is 202 g/mol. The van der Waals surface area contributed by atoms with Gasteiger partial charge in [0.05, 0.1) is 7.11 Å². The summed E-state index contributed by atoms with van der Waals surface area (Å²) in [4.78, 5) is 4.04. The van der Waals surface area contributed by atoms with Crippen LogP contribution in [0.15, 0.2) is 40.4 Å². The molecule has 0 heterocycles. The summed E-state index contributed by atoms with van der Waals surface area (Å²) in [5.74, 6) is 0.593. The molecule has 1 N–H and O–H groups in total. The minimum Gasteiger partial charge on any atom is -0.486 e. The molecule has 0 atom stereocenters. The van der Waals surface area contributed by atoms with E-state index >= 15 is 0 Å². The van der Waals surface area contributed by atoms with Crippen molar-refractivity contribution in [2.75, 3.05) is 14.2 Å². The molecule has 0 saturated heterocycles. The number of benzene rings is 1. The van der Waals surface area contributed by atoms with Crippen LogP contribution in [-0.4, -0.2) is 26.4 Å². The van der Waals surface area contributed by atoms with Crippen LogP contribution in [0, 0.1) is 0 Å². The zero-order chi connectivity index (χ0) is 12.2. The maximum atomic E-state index is 4.74. The number of hydrogen-bond donors (Lipinski definition) is 1. The first-order chi connectivity index (χ1) is 7.88. The lowest BCUT2D eigenvalue weighted by Crippen LogP contribution is -2.05. The van der Waals surface area contributed by atoms with Gasteiger partial charge in [0, 0.05) is 12.6 Å². The number of nitrogens with one attached hydrogen (secondary N) is 1. The van der Waals surface area contributed by atoms with Crippen molar-refractivity contribution >= 4 is 12.2 Å². The molecule has 0 saturated carbocycles. The highest BCUT2D eigenvalue weighted by atomic mass is 16.5. The van der Waals surface area contributed by atoms with Crippen molar-refractivity contribution in [1.29, 1.82) is 0 Å². The Morgan fingerprint density at radius 2 is 1.88 bits per heavy atom. The molecule has 0 amide bonds. The lowest BCUT2D eigenvalue weighted by atomic mass is 10.2. The van der Waals surface area contributed by atoms with Gasteiger partial charge in [-0.3, -0.25) is 0 Å². The molecular formula is C12H19N3O.